The van der Waals surface area contributed by atoms with Crippen molar-refractivity contribution in [1.82, 2.24) is 10.3 Å². The molecule has 3 rings (SSSR count). The van der Waals surface area contributed by atoms with Crippen LogP contribution >= 0.6 is 0 Å². The van der Waals surface area contributed by atoms with Crippen LogP contribution in [0.25, 0.3) is 11.1 Å². The first-order chi connectivity index (χ1) is 15.0. The number of nitrogens with zero attached hydrogens (tertiary/aromatic N) is 1. The van der Waals surface area contributed by atoms with E-state index in [4.69, 9.17) is 0 Å². The summed E-state index contributed by atoms with van der Waals surface area (Å²) in [5.74, 6) is 0. The monoisotopic (exact) mass is 464 g/mol. The van der Waals surface area contributed by atoms with E-state index >= 15 is 0 Å². The maximum absolute atomic E-state index is 13.6. The van der Waals surface area contributed by atoms with Crippen LogP contribution in [0, 0.1) is 0 Å². The predicted octanol–water partition coefficient (Wildman–Crippen LogP) is 4.46. The molecule has 0 radical (unpaired) electrons. The first-order valence-corrected chi connectivity index (χ1v) is 11.1. The zero-order valence-electron chi connectivity index (χ0n) is 16.8. The zero-order valence-corrected chi connectivity index (χ0v) is 17.6. The largest absolute Gasteiger partial charge is 0.417 e. The quantitative estimate of drug-likeness (QED) is 0.501. The number of nitrogens with one attached hydrogen (secondary N) is 3. The highest BCUT2D eigenvalue weighted by Crippen LogP contribution is 2.41. The Morgan fingerprint density at radius 1 is 1.03 bits per heavy atom. The number of sulfonamides is 1. The van der Waals surface area contributed by atoms with Crippen molar-refractivity contribution in [2.45, 2.75) is 12.7 Å². The molecule has 0 aliphatic carbocycles. The van der Waals surface area contributed by atoms with Gasteiger partial charge in [0.2, 0.25) is 10.0 Å². The van der Waals surface area contributed by atoms with Crippen molar-refractivity contribution in [2.75, 3.05) is 16.3 Å². The summed E-state index contributed by atoms with van der Waals surface area (Å²) in [6, 6.07) is 11.9. The second-order valence-electron chi connectivity index (χ2n) is 6.85. The average molecular weight is 464 g/mol. The number of benzene rings is 2. The van der Waals surface area contributed by atoms with Gasteiger partial charge < -0.3 is 10.6 Å². The standard InChI is InChI=1S/C21H19F3N4O3S/c1-32(30,31)28-18-6-2-5-17(21(22,23)24)19(18)15-7-9-16(10-8-15)27-20(29)26-13-14-4-3-11-25-12-14/h2-12,28H,13H2,1H3,(H2,26,27,29). The van der Waals surface area contributed by atoms with Gasteiger partial charge in [0.25, 0.3) is 0 Å². The molecule has 0 aliphatic rings. The Morgan fingerprint density at radius 3 is 2.34 bits per heavy atom. The molecule has 0 atom stereocenters. The molecule has 32 heavy (non-hydrogen) atoms. The molecule has 0 saturated carbocycles. The van der Waals surface area contributed by atoms with Gasteiger partial charge in [-0.25, -0.2) is 13.2 Å². The second kappa shape index (κ2) is 9.27. The third kappa shape index (κ3) is 6.20. The van der Waals surface area contributed by atoms with E-state index in [9.17, 15) is 26.4 Å². The molecule has 3 aromatic rings. The molecule has 168 valence electrons. The smallest absolute Gasteiger partial charge is 0.334 e. The summed E-state index contributed by atoms with van der Waals surface area (Å²) in [7, 11) is -3.81. The van der Waals surface area contributed by atoms with Crippen LogP contribution in [0.15, 0.2) is 67.0 Å². The van der Waals surface area contributed by atoms with E-state index in [0.717, 1.165) is 24.0 Å². The molecule has 1 aromatic heterocycles. The number of hydrogen-bond acceptors (Lipinski definition) is 4. The van der Waals surface area contributed by atoms with E-state index in [1.807, 2.05) is 0 Å². The number of aromatic nitrogens is 1. The SMILES string of the molecule is CS(=O)(=O)Nc1cccc(C(F)(F)F)c1-c1ccc(NC(=O)NCc2cccnc2)cc1. The molecule has 11 heteroatoms. The summed E-state index contributed by atoms with van der Waals surface area (Å²) in [5.41, 5.74) is -0.214. The van der Waals surface area contributed by atoms with Crippen LogP contribution < -0.4 is 15.4 Å². The minimum Gasteiger partial charge on any atom is -0.334 e. The zero-order chi connectivity index (χ0) is 23.4. The lowest BCUT2D eigenvalue weighted by molar-refractivity contribution is -0.137. The van der Waals surface area contributed by atoms with Crippen molar-refractivity contribution < 1.29 is 26.4 Å². The minimum absolute atomic E-state index is 0.130. The topological polar surface area (TPSA) is 100 Å². The summed E-state index contributed by atoms with van der Waals surface area (Å²) in [4.78, 5) is 16.0. The van der Waals surface area contributed by atoms with Crippen LogP contribution in [0.2, 0.25) is 0 Å². The van der Waals surface area contributed by atoms with Crippen molar-refractivity contribution in [1.29, 1.82) is 0 Å². The highest BCUT2D eigenvalue weighted by atomic mass is 32.2. The number of alkyl halides is 3. The molecule has 1 heterocycles. The van der Waals surface area contributed by atoms with Crippen molar-refractivity contribution >= 4 is 27.4 Å². The first-order valence-electron chi connectivity index (χ1n) is 9.25. The number of rotatable bonds is 6. The lowest BCUT2D eigenvalue weighted by Crippen LogP contribution is -2.28. The van der Waals surface area contributed by atoms with Crippen LogP contribution in [0.3, 0.4) is 0 Å². The second-order valence-corrected chi connectivity index (χ2v) is 8.59. The number of pyridine rings is 1. The Morgan fingerprint density at radius 2 is 1.75 bits per heavy atom. The number of anilines is 2. The first kappa shape index (κ1) is 23.1. The van der Waals surface area contributed by atoms with Crippen molar-refractivity contribution in [2.24, 2.45) is 0 Å². The summed E-state index contributed by atoms with van der Waals surface area (Å²) in [5, 5.41) is 5.23. The fraction of sp³-hybridized carbons (Fsp3) is 0.143. The van der Waals surface area contributed by atoms with Gasteiger partial charge in [0.1, 0.15) is 0 Å². The third-order valence-electron chi connectivity index (χ3n) is 4.27. The average Bonchev–Trinajstić information content (AvgIpc) is 2.72. The fourth-order valence-electron chi connectivity index (χ4n) is 2.96. The van der Waals surface area contributed by atoms with Gasteiger partial charge in [-0.05, 0) is 41.5 Å². The molecule has 0 saturated heterocycles. The molecular weight excluding hydrogens is 445 g/mol. The lowest BCUT2D eigenvalue weighted by atomic mass is 9.97. The lowest BCUT2D eigenvalue weighted by Gasteiger charge is -2.18. The van der Waals surface area contributed by atoms with Crippen LogP contribution in [-0.2, 0) is 22.7 Å². The Bertz CT molecular complexity index is 1200. The van der Waals surface area contributed by atoms with E-state index in [-0.39, 0.29) is 23.4 Å². The van der Waals surface area contributed by atoms with Crippen molar-refractivity contribution in [3.8, 4) is 11.1 Å². The van der Waals surface area contributed by atoms with Crippen LogP contribution in [0.5, 0.6) is 0 Å². The Balaban J connectivity index is 1.82. The third-order valence-corrected chi connectivity index (χ3v) is 4.86. The van der Waals surface area contributed by atoms with Gasteiger partial charge >= 0.3 is 12.2 Å². The number of carbonyl (C=O) groups excluding carboxylic acids is 1. The molecule has 2 amide bonds. The molecule has 7 nitrogen and oxygen atoms in total. The number of halogens is 3. The van der Waals surface area contributed by atoms with Gasteiger partial charge in [-0.15, -0.1) is 0 Å². The van der Waals surface area contributed by atoms with E-state index in [1.54, 1.807) is 24.5 Å². The van der Waals surface area contributed by atoms with Gasteiger partial charge in [0, 0.05) is 30.2 Å². The van der Waals surface area contributed by atoms with Gasteiger partial charge in [-0.2, -0.15) is 13.2 Å². The fourth-order valence-corrected chi connectivity index (χ4v) is 3.53. The van der Waals surface area contributed by atoms with Gasteiger partial charge in [0.15, 0.2) is 0 Å². The number of urea groups is 1. The summed E-state index contributed by atoms with van der Waals surface area (Å²) in [6.45, 7) is 0.247. The van der Waals surface area contributed by atoms with E-state index in [1.165, 1.54) is 30.3 Å². The molecule has 0 spiro atoms. The Hall–Kier alpha value is -3.60. The molecular formula is C21H19F3N4O3S. The molecule has 0 fully saturated rings. The molecule has 0 aliphatic heterocycles. The van der Waals surface area contributed by atoms with Crippen LogP contribution in [0.1, 0.15) is 11.1 Å². The Kier molecular flexibility index (Phi) is 6.68. The number of amides is 2. The van der Waals surface area contributed by atoms with Gasteiger partial charge in [-0.3, -0.25) is 9.71 Å². The maximum Gasteiger partial charge on any atom is 0.417 e. The minimum atomic E-state index is -4.70. The van der Waals surface area contributed by atoms with Crippen molar-refractivity contribution in [3.05, 3.63) is 78.1 Å². The highest BCUT2D eigenvalue weighted by molar-refractivity contribution is 7.92. The summed E-state index contributed by atoms with van der Waals surface area (Å²) < 4.78 is 66.1. The van der Waals surface area contributed by atoms with Crippen LogP contribution in [-0.4, -0.2) is 25.7 Å². The highest BCUT2D eigenvalue weighted by Gasteiger charge is 2.35. The molecule has 2 aromatic carbocycles. The van der Waals surface area contributed by atoms with E-state index in [2.05, 4.69) is 20.3 Å². The summed E-state index contributed by atoms with van der Waals surface area (Å²) in [6.07, 6.45) is -0.629. The van der Waals surface area contributed by atoms with E-state index < -0.39 is 27.8 Å². The van der Waals surface area contributed by atoms with Gasteiger partial charge in [-0.1, -0.05) is 24.3 Å². The van der Waals surface area contributed by atoms with Gasteiger partial charge in [0.05, 0.1) is 17.5 Å². The number of carbonyl (C=O) groups is 1. The molecule has 0 bridgehead atoms. The maximum atomic E-state index is 13.6. The summed E-state index contributed by atoms with van der Waals surface area (Å²) >= 11 is 0. The van der Waals surface area contributed by atoms with Crippen molar-refractivity contribution in [3.63, 3.8) is 0 Å². The van der Waals surface area contributed by atoms with E-state index in [0.29, 0.717) is 5.69 Å². The molecule has 3 N–H and O–H groups in total. The van der Waals surface area contributed by atoms with Crippen LogP contribution in [0.4, 0.5) is 29.3 Å². The molecule has 0 unspecified atom stereocenters. The predicted molar refractivity (Wildman–Crippen MR) is 115 cm³/mol. The number of hydrogen-bond donors (Lipinski definition) is 3. The Labute approximate surface area is 182 Å². The normalized spacial score (nSPS) is 11.6.